The van der Waals surface area contributed by atoms with Gasteiger partial charge in [-0.05, 0) is 42.5 Å². The SMILES string of the molecule is C[C@H]1[C@H](C)CCC[C@@H]1NC(=O)c1ccc(S(=O)(=O)N(C)C)cc1. The third kappa shape index (κ3) is 3.93. The van der Waals surface area contributed by atoms with E-state index in [2.05, 4.69) is 19.2 Å². The van der Waals surface area contributed by atoms with Gasteiger partial charge in [0.2, 0.25) is 10.0 Å². The van der Waals surface area contributed by atoms with E-state index in [4.69, 9.17) is 0 Å². The Morgan fingerprint density at radius 2 is 1.74 bits per heavy atom. The normalized spacial score (nSPS) is 25.3. The molecular formula is C17H26N2O3S. The fraction of sp³-hybridized carbons (Fsp3) is 0.588. The third-order valence-electron chi connectivity index (χ3n) is 4.92. The van der Waals surface area contributed by atoms with Crippen LogP contribution in [0.15, 0.2) is 29.2 Å². The minimum Gasteiger partial charge on any atom is -0.349 e. The predicted molar refractivity (Wildman–Crippen MR) is 90.7 cm³/mol. The molecular weight excluding hydrogens is 312 g/mol. The first-order valence-electron chi connectivity index (χ1n) is 8.07. The van der Waals surface area contributed by atoms with Crippen LogP contribution in [0.2, 0.25) is 0 Å². The molecule has 1 aromatic rings. The van der Waals surface area contributed by atoms with Gasteiger partial charge in [-0.2, -0.15) is 0 Å². The van der Waals surface area contributed by atoms with Crippen molar-refractivity contribution in [2.75, 3.05) is 14.1 Å². The van der Waals surface area contributed by atoms with E-state index >= 15 is 0 Å². The number of sulfonamides is 1. The lowest BCUT2D eigenvalue weighted by Gasteiger charge is -2.34. The number of hydrogen-bond donors (Lipinski definition) is 1. The smallest absolute Gasteiger partial charge is 0.251 e. The van der Waals surface area contributed by atoms with Crippen LogP contribution < -0.4 is 5.32 Å². The van der Waals surface area contributed by atoms with Crippen molar-refractivity contribution in [2.45, 2.75) is 44.0 Å². The Kier molecular flexibility index (Phi) is 5.47. The van der Waals surface area contributed by atoms with Crippen LogP contribution in [0, 0.1) is 11.8 Å². The molecule has 1 N–H and O–H groups in total. The van der Waals surface area contributed by atoms with Crippen molar-refractivity contribution in [2.24, 2.45) is 11.8 Å². The lowest BCUT2D eigenvalue weighted by molar-refractivity contribution is 0.0891. The molecule has 128 valence electrons. The van der Waals surface area contributed by atoms with Crippen LogP contribution in [-0.2, 0) is 10.0 Å². The zero-order valence-electron chi connectivity index (χ0n) is 14.2. The second kappa shape index (κ2) is 7.01. The molecule has 0 spiro atoms. The zero-order valence-corrected chi connectivity index (χ0v) is 15.1. The molecule has 1 amide bonds. The molecule has 0 radical (unpaired) electrons. The summed E-state index contributed by atoms with van der Waals surface area (Å²) in [5, 5.41) is 3.10. The summed E-state index contributed by atoms with van der Waals surface area (Å²) in [6.07, 6.45) is 3.35. The standard InChI is InChI=1S/C17H26N2O3S/c1-12-6-5-7-16(13(12)2)18-17(20)14-8-10-15(11-9-14)23(21,22)19(3)4/h8-13,16H,5-7H2,1-4H3,(H,18,20)/t12-,13+,16+/m1/s1. The van der Waals surface area contributed by atoms with Gasteiger partial charge in [0, 0.05) is 25.7 Å². The van der Waals surface area contributed by atoms with Gasteiger partial charge in [-0.3, -0.25) is 4.79 Å². The number of nitrogens with zero attached hydrogens (tertiary/aromatic N) is 1. The van der Waals surface area contributed by atoms with Gasteiger partial charge in [0.05, 0.1) is 4.90 Å². The van der Waals surface area contributed by atoms with Gasteiger partial charge in [-0.25, -0.2) is 12.7 Å². The minimum absolute atomic E-state index is 0.134. The molecule has 5 nitrogen and oxygen atoms in total. The predicted octanol–water partition coefficient (Wildman–Crippen LogP) is 2.49. The number of carbonyl (C=O) groups excluding carboxylic acids is 1. The van der Waals surface area contributed by atoms with Gasteiger partial charge in [0.25, 0.3) is 5.91 Å². The number of nitrogens with one attached hydrogen (secondary N) is 1. The van der Waals surface area contributed by atoms with Crippen molar-refractivity contribution in [1.82, 2.24) is 9.62 Å². The van der Waals surface area contributed by atoms with Crippen molar-refractivity contribution in [3.05, 3.63) is 29.8 Å². The molecule has 3 atom stereocenters. The largest absolute Gasteiger partial charge is 0.349 e. The first-order valence-corrected chi connectivity index (χ1v) is 9.51. The Hall–Kier alpha value is -1.40. The molecule has 1 aliphatic rings. The van der Waals surface area contributed by atoms with Crippen LogP contribution in [0.1, 0.15) is 43.5 Å². The van der Waals surface area contributed by atoms with Crippen molar-refractivity contribution in [3.63, 3.8) is 0 Å². The molecule has 0 unspecified atom stereocenters. The van der Waals surface area contributed by atoms with E-state index in [1.54, 1.807) is 12.1 Å². The molecule has 0 aliphatic heterocycles. The van der Waals surface area contributed by atoms with Gasteiger partial charge in [0.15, 0.2) is 0 Å². The lowest BCUT2D eigenvalue weighted by atomic mass is 9.78. The van der Waals surface area contributed by atoms with Gasteiger partial charge < -0.3 is 5.32 Å². The summed E-state index contributed by atoms with van der Waals surface area (Å²) in [5.41, 5.74) is 0.494. The van der Waals surface area contributed by atoms with Crippen molar-refractivity contribution < 1.29 is 13.2 Å². The molecule has 0 heterocycles. The highest BCUT2D eigenvalue weighted by Crippen LogP contribution is 2.29. The third-order valence-corrected chi connectivity index (χ3v) is 6.75. The summed E-state index contributed by atoms with van der Waals surface area (Å²) < 4.78 is 25.2. The van der Waals surface area contributed by atoms with Crippen LogP contribution >= 0.6 is 0 Å². The van der Waals surface area contributed by atoms with Gasteiger partial charge in [0.1, 0.15) is 0 Å². The van der Waals surface area contributed by atoms with E-state index in [0.29, 0.717) is 17.4 Å². The molecule has 1 saturated carbocycles. The van der Waals surface area contributed by atoms with Crippen LogP contribution in [-0.4, -0.2) is 38.8 Å². The maximum absolute atomic E-state index is 12.4. The Morgan fingerprint density at radius 3 is 2.30 bits per heavy atom. The van der Waals surface area contributed by atoms with Gasteiger partial charge in [-0.1, -0.05) is 26.7 Å². The first-order chi connectivity index (χ1) is 10.7. The molecule has 0 aromatic heterocycles. The molecule has 0 saturated heterocycles. The highest BCUT2D eigenvalue weighted by atomic mass is 32.2. The van der Waals surface area contributed by atoms with Crippen LogP contribution in [0.5, 0.6) is 0 Å². The van der Waals surface area contributed by atoms with Gasteiger partial charge >= 0.3 is 0 Å². The number of benzene rings is 1. The summed E-state index contributed by atoms with van der Waals surface area (Å²) in [4.78, 5) is 12.6. The molecule has 0 bridgehead atoms. The fourth-order valence-electron chi connectivity index (χ4n) is 3.03. The number of carbonyl (C=O) groups is 1. The second-order valence-electron chi connectivity index (χ2n) is 6.66. The summed E-state index contributed by atoms with van der Waals surface area (Å²) in [6.45, 7) is 4.41. The van der Waals surface area contributed by atoms with E-state index in [-0.39, 0.29) is 16.8 Å². The summed E-state index contributed by atoms with van der Waals surface area (Å²) in [6, 6.07) is 6.30. The molecule has 23 heavy (non-hydrogen) atoms. The lowest BCUT2D eigenvalue weighted by Crippen LogP contribution is -2.43. The average molecular weight is 338 g/mol. The average Bonchev–Trinajstić information content (AvgIpc) is 2.51. The second-order valence-corrected chi connectivity index (χ2v) is 8.81. The fourth-order valence-corrected chi connectivity index (χ4v) is 3.93. The minimum atomic E-state index is -3.46. The molecule has 1 aromatic carbocycles. The van der Waals surface area contributed by atoms with Crippen LogP contribution in [0.4, 0.5) is 0 Å². The van der Waals surface area contributed by atoms with E-state index < -0.39 is 10.0 Å². The highest BCUT2D eigenvalue weighted by Gasteiger charge is 2.28. The summed E-state index contributed by atoms with van der Waals surface area (Å²) in [7, 11) is -0.486. The van der Waals surface area contributed by atoms with Gasteiger partial charge in [-0.15, -0.1) is 0 Å². The van der Waals surface area contributed by atoms with Crippen molar-refractivity contribution >= 4 is 15.9 Å². The quantitative estimate of drug-likeness (QED) is 0.917. The Balaban J connectivity index is 2.09. The monoisotopic (exact) mass is 338 g/mol. The topological polar surface area (TPSA) is 66.5 Å². The molecule has 1 aliphatic carbocycles. The Bertz CT molecular complexity index is 653. The van der Waals surface area contributed by atoms with Crippen LogP contribution in [0.25, 0.3) is 0 Å². The summed E-state index contributed by atoms with van der Waals surface area (Å²) in [5.74, 6) is 0.938. The summed E-state index contributed by atoms with van der Waals surface area (Å²) >= 11 is 0. The van der Waals surface area contributed by atoms with Crippen LogP contribution in [0.3, 0.4) is 0 Å². The highest BCUT2D eigenvalue weighted by molar-refractivity contribution is 7.89. The number of rotatable bonds is 4. The molecule has 1 fully saturated rings. The van der Waals surface area contributed by atoms with E-state index in [0.717, 1.165) is 17.1 Å². The van der Waals surface area contributed by atoms with E-state index in [1.165, 1.54) is 32.6 Å². The Morgan fingerprint density at radius 1 is 1.13 bits per heavy atom. The molecule has 2 rings (SSSR count). The Labute approximate surface area is 139 Å². The zero-order chi connectivity index (χ0) is 17.2. The van der Waals surface area contributed by atoms with E-state index in [1.807, 2.05) is 0 Å². The van der Waals surface area contributed by atoms with Crippen molar-refractivity contribution in [3.8, 4) is 0 Å². The maximum atomic E-state index is 12.4. The number of hydrogen-bond acceptors (Lipinski definition) is 3. The van der Waals surface area contributed by atoms with Crippen molar-refractivity contribution in [1.29, 1.82) is 0 Å². The number of amides is 1. The molecule has 6 heteroatoms. The maximum Gasteiger partial charge on any atom is 0.251 e. The first kappa shape index (κ1) is 17.9. The van der Waals surface area contributed by atoms with E-state index in [9.17, 15) is 13.2 Å².